The number of benzene rings is 1. The number of pyridine rings is 1. The van der Waals surface area contributed by atoms with Gasteiger partial charge in [0, 0.05) is 36.8 Å². The van der Waals surface area contributed by atoms with Crippen molar-refractivity contribution in [3.63, 3.8) is 0 Å². The maximum atomic E-state index is 13.0. The molecule has 1 saturated heterocycles. The molecule has 29 heavy (non-hydrogen) atoms. The Kier molecular flexibility index (Phi) is 4.56. The third-order valence-corrected chi connectivity index (χ3v) is 5.94. The first kappa shape index (κ1) is 19.7. The summed E-state index contributed by atoms with van der Waals surface area (Å²) in [5, 5.41) is 5.40. The van der Waals surface area contributed by atoms with Gasteiger partial charge in [0.05, 0.1) is 5.54 Å². The molecule has 2 heterocycles. The maximum absolute atomic E-state index is 13.0. The topological polar surface area (TPSA) is 71.5 Å². The number of nitrogens with one attached hydrogen (secondary N) is 1. The number of aromatic nitrogens is 1. The van der Waals surface area contributed by atoms with Crippen LogP contribution in [0.3, 0.4) is 0 Å². The van der Waals surface area contributed by atoms with Crippen molar-refractivity contribution < 1.29 is 14.3 Å². The van der Waals surface area contributed by atoms with Crippen LogP contribution in [0.25, 0.3) is 10.8 Å². The summed E-state index contributed by atoms with van der Waals surface area (Å²) in [5.74, 6) is 0.509. The second-order valence-electron chi connectivity index (χ2n) is 9.76. The molecule has 6 nitrogen and oxygen atoms in total. The highest BCUT2D eigenvalue weighted by Crippen LogP contribution is 2.52. The summed E-state index contributed by atoms with van der Waals surface area (Å²) in [6.45, 7) is 10.8. The van der Waals surface area contributed by atoms with Crippen LogP contribution in [0.5, 0.6) is 0 Å². The summed E-state index contributed by atoms with van der Waals surface area (Å²) in [7, 11) is 0. The lowest BCUT2D eigenvalue weighted by Gasteiger charge is -2.29. The minimum atomic E-state index is -0.501. The zero-order chi connectivity index (χ0) is 21.0. The van der Waals surface area contributed by atoms with Gasteiger partial charge in [-0.15, -0.1) is 0 Å². The molecule has 1 aromatic heterocycles. The van der Waals surface area contributed by atoms with Crippen LogP contribution in [0.4, 0.5) is 4.79 Å². The molecule has 2 fully saturated rings. The van der Waals surface area contributed by atoms with Crippen molar-refractivity contribution in [2.45, 2.75) is 45.8 Å². The molecule has 6 heteroatoms. The summed E-state index contributed by atoms with van der Waals surface area (Å²) in [4.78, 5) is 31.1. The Morgan fingerprint density at radius 1 is 1.10 bits per heavy atom. The average molecular weight is 396 g/mol. The van der Waals surface area contributed by atoms with Crippen molar-refractivity contribution in [1.29, 1.82) is 0 Å². The zero-order valence-electron chi connectivity index (χ0n) is 17.7. The summed E-state index contributed by atoms with van der Waals surface area (Å²) >= 11 is 0. The van der Waals surface area contributed by atoms with E-state index in [2.05, 4.69) is 16.4 Å². The first-order valence-electron chi connectivity index (χ1n) is 10.2. The number of carbonyl (C=O) groups excluding carboxylic acids is 2. The standard InChI is InChI=1S/C23H29N3O3/c1-22(2,3)29-21(28)26-12-16-17(13-26)19(16)20(27)25-23(4,5)18-8-6-7-14-11-24-10-9-15(14)18/h6-11,16-17,19H,12-13H2,1-5H3,(H,25,27)/t16-,17+,19?. The molecule has 2 aliphatic rings. The fourth-order valence-corrected chi connectivity index (χ4v) is 4.52. The van der Waals surface area contributed by atoms with Crippen molar-refractivity contribution in [3.05, 3.63) is 42.2 Å². The van der Waals surface area contributed by atoms with Gasteiger partial charge in [-0.2, -0.15) is 0 Å². The van der Waals surface area contributed by atoms with E-state index in [0.29, 0.717) is 13.1 Å². The highest BCUT2D eigenvalue weighted by atomic mass is 16.6. The Morgan fingerprint density at radius 2 is 1.79 bits per heavy atom. The summed E-state index contributed by atoms with van der Waals surface area (Å²) in [6.07, 6.45) is 3.33. The first-order chi connectivity index (χ1) is 13.6. The van der Waals surface area contributed by atoms with Crippen LogP contribution in [-0.4, -0.2) is 40.6 Å². The van der Waals surface area contributed by atoms with Gasteiger partial charge >= 0.3 is 6.09 Å². The summed E-state index contributed by atoms with van der Waals surface area (Å²) in [6, 6.07) is 8.07. The Hall–Kier alpha value is -2.63. The van der Waals surface area contributed by atoms with Crippen molar-refractivity contribution in [2.24, 2.45) is 17.8 Å². The molecule has 1 unspecified atom stereocenters. The number of hydrogen-bond acceptors (Lipinski definition) is 4. The van der Waals surface area contributed by atoms with Gasteiger partial charge in [0.15, 0.2) is 0 Å². The number of hydrogen-bond donors (Lipinski definition) is 1. The number of ether oxygens (including phenoxy) is 1. The molecular weight excluding hydrogens is 366 g/mol. The van der Waals surface area contributed by atoms with E-state index in [4.69, 9.17) is 4.74 Å². The molecule has 4 rings (SSSR count). The Morgan fingerprint density at radius 3 is 2.45 bits per heavy atom. The Bertz CT molecular complexity index is 946. The molecule has 0 bridgehead atoms. The zero-order valence-corrected chi connectivity index (χ0v) is 17.7. The molecule has 2 aromatic rings. The van der Waals surface area contributed by atoms with E-state index in [0.717, 1.165) is 16.3 Å². The van der Waals surface area contributed by atoms with Crippen molar-refractivity contribution in [3.8, 4) is 0 Å². The van der Waals surface area contributed by atoms with Gasteiger partial charge in [0.1, 0.15) is 5.60 Å². The van der Waals surface area contributed by atoms with E-state index in [1.165, 1.54) is 0 Å². The van der Waals surface area contributed by atoms with E-state index < -0.39 is 11.1 Å². The molecule has 1 saturated carbocycles. The quantitative estimate of drug-likeness (QED) is 0.860. The third-order valence-electron chi connectivity index (χ3n) is 5.94. The number of likely N-dealkylation sites (tertiary alicyclic amines) is 1. The summed E-state index contributed by atoms with van der Waals surface area (Å²) in [5.41, 5.74) is 0.0742. The SMILES string of the molecule is CC(C)(C)OC(=O)N1C[C@@H]2C(C(=O)NC(C)(C)c3cccc4cnccc34)[C@@H]2C1. The molecule has 0 spiro atoms. The highest BCUT2D eigenvalue weighted by molar-refractivity contribution is 5.88. The monoisotopic (exact) mass is 395 g/mol. The van der Waals surface area contributed by atoms with Crippen LogP contribution in [0.1, 0.15) is 40.2 Å². The van der Waals surface area contributed by atoms with Crippen LogP contribution in [0, 0.1) is 17.8 Å². The molecule has 1 aliphatic carbocycles. The lowest BCUT2D eigenvalue weighted by Crippen LogP contribution is -2.44. The second-order valence-corrected chi connectivity index (χ2v) is 9.76. The van der Waals surface area contributed by atoms with Gasteiger partial charge in [-0.3, -0.25) is 9.78 Å². The average Bonchev–Trinajstić information content (AvgIpc) is 3.13. The van der Waals surface area contributed by atoms with Crippen LogP contribution >= 0.6 is 0 Å². The minimum Gasteiger partial charge on any atom is -0.444 e. The fourth-order valence-electron chi connectivity index (χ4n) is 4.52. The van der Waals surface area contributed by atoms with Crippen LogP contribution in [-0.2, 0) is 15.1 Å². The fraction of sp³-hybridized carbons (Fsp3) is 0.522. The molecule has 3 atom stereocenters. The van der Waals surface area contributed by atoms with Crippen molar-refractivity contribution in [1.82, 2.24) is 15.2 Å². The van der Waals surface area contributed by atoms with Crippen LogP contribution in [0.15, 0.2) is 36.7 Å². The number of amides is 2. The molecule has 1 N–H and O–H groups in total. The lowest BCUT2D eigenvalue weighted by atomic mass is 9.89. The van der Waals surface area contributed by atoms with E-state index in [-0.39, 0.29) is 29.8 Å². The minimum absolute atomic E-state index is 0.0235. The molecule has 154 valence electrons. The normalized spacial score (nSPS) is 23.6. The molecule has 1 aliphatic heterocycles. The van der Waals surface area contributed by atoms with Gasteiger partial charge < -0.3 is 15.0 Å². The van der Waals surface area contributed by atoms with E-state index in [1.54, 1.807) is 11.1 Å². The first-order valence-corrected chi connectivity index (χ1v) is 10.2. The molecule has 1 aromatic carbocycles. The van der Waals surface area contributed by atoms with Gasteiger partial charge in [-0.1, -0.05) is 18.2 Å². The smallest absolute Gasteiger partial charge is 0.410 e. The van der Waals surface area contributed by atoms with Crippen LogP contribution < -0.4 is 5.32 Å². The van der Waals surface area contributed by atoms with E-state index in [1.807, 2.05) is 59.0 Å². The number of fused-ring (bicyclic) bond motifs is 2. The summed E-state index contributed by atoms with van der Waals surface area (Å²) < 4.78 is 5.45. The van der Waals surface area contributed by atoms with Gasteiger partial charge in [-0.05, 0) is 63.5 Å². The molecule has 0 radical (unpaired) electrons. The van der Waals surface area contributed by atoms with Gasteiger partial charge in [-0.25, -0.2) is 4.79 Å². The Labute approximate surface area is 171 Å². The van der Waals surface area contributed by atoms with E-state index >= 15 is 0 Å². The predicted molar refractivity (Wildman–Crippen MR) is 111 cm³/mol. The number of rotatable bonds is 3. The second kappa shape index (κ2) is 6.71. The lowest BCUT2D eigenvalue weighted by molar-refractivity contribution is -0.125. The van der Waals surface area contributed by atoms with Gasteiger partial charge in [0.2, 0.25) is 5.91 Å². The van der Waals surface area contributed by atoms with Crippen molar-refractivity contribution >= 4 is 22.8 Å². The molecule has 2 amide bonds. The number of nitrogens with zero attached hydrogens (tertiary/aromatic N) is 2. The molecular formula is C23H29N3O3. The highest BCUT2D eigenvalue weighted by Gasteiger charge is 2.61. The largest absolute Gasteiger partial charge is 0.444 e. The van der Waals surface area contributed by atoms with Crippen molar-refractivity contribution in [2.75, 3.05) is 13.1 Å². The third kappa shape index (κ3) is 3.80. The maximum Gasteiger partial charge on any atom is 0.410 e. The van der Waals surface area contributed by atoms with E-state index in [9.17, 15) is 9.59 Å². The predicted octanol–water partition coefficient (Wildman–Crippen LogP) is 3.70. The van der Waals surface area contributed by atoms with Crippen LogP contribution in [0.2, 0.25) is 0 Å². The number of piperidine rings is 1. The Balaban J connectivity index is 1.41. The number of carbonyl (C=O) groups is 2. The van der Waals surface area contributed by atoms with Gasteiger partial charge in [0.25, 0.3) is 0 Å².